The van der Waals surface area contributed by atoms with Gasteiger partial charge in [0.2, 0.25) is 0 Å². The highest BCUT2D eigenvalue weighted by atomic mass is 16.6. The third-order valence-electron chi connectivity index (χ3n) is 6.65. The van der Waals surface area contributed by atoms with Crippen LogP contribution in [0.15, 0.2) is 62.3 Å². The Morgan fingerprint density at radius 2 is 1.92 bits per heavy atom. The Morgan fingerprint density at radius 3 is 2.64 bits per heavy atom. The van der Waals surface area contributed by atoms with E-state index >= 15 is 0 Å². The van der Waals surface area contributed by atoms with Crippen LogP contribution in [0.4, 0.5) is 0 Å². The fourth-order valence-corrected chi connectivity index (χ4v) is 4.97. The quantitative estimate of drug-likeness (QED) is 0.351. The molecule has 4 rings (SSSR count). The number of rotatable bonds is 7. The second-order valence-corrected chi connectivity index (χ2v) is 8.88. The molecule has 1 aliphatic heterocycles. The zero-order chi connectivity index (χ0) is 26.0. The highest BCUT2D eigenvalue weighted by Crippen LogP contribution is 2.45. The molecule has 1 N–H and O–H groups in total. The molecule has 2 aliphatic rings. The van der Waals surface area contributed by atoms with Crippen LogP contribution < -0.4 is 10.7 Å². The molecular formula is C27H29NO8. The Balaban J connectivity index is 1.88. The minimum Gasteiger partial charge on any atom is -0.468 e. The number of hydrogen-bond donors (Lipinski definition) is 1. The molecule has 1 aromatic heterocycles. The van der Waals surface area contributed by atoms with Crippen LogP contribution in [0.2, 0.25) is 0 Å². The Morgan fingerprint density at radius 1 is 1.17 bits per heavy atom. The highest BCUT2D eigenvalue weighted by Gasteiger charge is 2.48. The maximum atomic E-state index is 13.8. The zero-order valence-electron chi connectivity index (χ0n) is 20.7. The van der Waals surface area contributed by atoms with E-state index < -0.39 is 29.6 Å². The summed E-state index contributed by atoms with van der Waals surface area (Å²) in [6.45, 7) is 6.00. The van der Waals surface area contributed by atoms with Gasteiger partial charge in [0.1, 0.15) is 18.1 Å². The summed E-state index contributed by atoms with van der Waals surface area (Å²) in [5.41, 5.74) is 1.44. The Kier molecular flexibility index (Phi) is 7.40. The molecule has 190 valence electrons. The number of ether oxygens (including phenoxy) is 3. The second kappa shape index (κ2) is 10.5. The number of nitrogens with one attached hydrogen (secondary N) is 1. The summed E-state index contributed by atoms with van der Waals surface area (Å²) in [4.78, 5) is 53.3. The number of methoxy groups -OCH3 is 1. The number of carbonyl (C=O) groups is 3. The van der Waals surface area contributed by atoms with Crippen LogP contribution in [0.1, 0.15) is 38.7 Å². The maximum absolute atomic E-state index is 13.8. The molecule has 3 atom stereocenters. The molecule has 0 spiro atoms. The van der Waals surface area contributed by atoms with Crippen molar-refractivity contribution in [3.8, 4) is 0 Å². The van der Waals surface area contributed by atoms with Gasteiger partial charge >= 0.3 is 11.9 Å². The van der Waals surface area contributed by atoms with Gasteiger partial charge < -0.3 is 23.9 Å². The molecule has 1 aliphatic carbocycles. The molecule has 9 nitrogen and oxygen atoms in total. The first-order valence-corrected chi connectivity index (χ1v) is 11.9. The molecule has 1 aromatic carbocycles. The molecule has 2 aromatic rings. The van der Waals surface area contributed by atoms with Crippen LogP contribution in [0.5, 0.6) is 0 Å². The van der Waals surface area contributed by atoms with Crippen LogP contribution >= 0.6 is 0 Å². The molecule has 9 heteroatoms. The summed E-state index contributed by atoms with van der Waals surface area (Å²) in [7, 11) is 1.23. The van der Waals surface area contributed by atoms with Gasteiger partial charge in [-0.15, -0.1) is 0 Å². The van der Waals surface area contributed by atoms with E-state index in [1.54, 1.807) is 38.1 Å². The van der Waals surface area contributed by atoms with Gasteiger partial charge in [-0.05, 0) is 38.3 Å². The van der Waals surface area contributed by atoms with Crippen molar-refractivity contribution in [2.75, 3.05) is 26.9 Å². The molecule has 0 fully saturated rings. The normalized spacial score (nSPS) is 21.8. The van der Waals surface area contributed by atoms with Crippen molar-refractivity contribution < 1.29 is 33.0 Å². The van der Waals surface area contributed by atoms with Crippen molar-refractivity contribution in [1.82, 2.24) is 5.32 Å². The van der Waals surface area contributed by atoms with Gasteiger partial charge in [-0.2, -0.15) is 0 Å². The van der Waals surface area contributed by atoms with Gasteiger partial charge in [0.15, 0.2) is 11.2 Å². The minimum absolute atomic E-state index is 0.00414. The number of ketones is 1. The summed E-state index contributed by atoms with van der Waals surface area (Å²) in [6, 6.07) is 6.74. The van der Waals surface area contributed by atoms with Gasteiger partial charge in [0.25, 0.3) is 0 Å². The third kappa shape index (κ3) is 4.46. The van der Waals surface area contributed by atoms with E-state index in [0.717, 1.165) is 0 Å². The van der Waals surface area contributed by atoms with Crippen LogP contribution in [-0.4, -0.2) is 44.7 Å². The van der Waals surface area contributed by atoms with E-state index in [0.29, 0.717) is 35.4 Å². The summed E-state index contributed by atoms with van der Waals surface area (Å²) in [5.74, 6) is -4.31. The number of dihydropyridines is 1. The average molecular weight is 496 g/mol. The van der Waals surface area contributed by atoms with Crippen molar-refractivity contribution in [2.24, 2.45) is 11.8 Å². The van der Waals surface area contributed by atoms with E-state index in [1.165, 1.54) is 13.4 Å². The smallest absolute Gasteiger partial charge is 0.336 e. The summed E-state index contributed by atoms with van der Waals surface area (Å²) in [6.07, 6.45) is 1.64. The summed E-state index contributed by atoms with van der Waals surface area (Å²) in [5, 5.41) is 3.49. The molecule has 0 bridgehead atoms. The lowest BCUT2D eigenvalue weighted by Gasteiger charge is -2.37. The lowest BCUT2D eigenvalue weighted by molar-refractivity contribution is -0.151. The van der Waals surface area contributed by atoms with E-state index in [1.807, 2.05) is 6.92 Å². The van der Waals surface area contributed by atoms with E-state index in [9.17, 15) is 19.2 Å². The molecule has 2 heterocycles. The van der Waals surface area contributed by atoms with Crippen molar-refractivity contribution in [1.29, 1.82) is 0 Å². The van der Waals surface area contributed by atoms with Gasteiger partial charge in [-0.25, -0.2) is 4.79 Å². The fraction of sp³-hybridized carbons (Fsp3) is 0.407. The first-order valence-electron chi connectivity index (χ1n) is 11.9. The predicted octanol–water partition coefficient (Wildman–Crippen LogP) is 2.99. The summed E-state index contributed by atoms with van der Waals surface area (Å²) < 4.78 is 21.3. The molecule has 36 heavy (non-hydrogen) atoms. The van der Waals surface area contributed by atoms with E-state index in [-0.39, 0.29) is 41.3 Å². The van der Waals surface area contributed by atoms with Crippen LogP contribution in [0, 0.1) is 11.8 Å². The van der Waals surface area contributed by atoms with Crippen molar-refractivity contribution in [2.45, 2.75) is 33.1 Å². The van der Waals surface area contributed by atoms with Crippen LogP contribution in [0.3, 0.4) is 0 Å². The lowest BCUT2D eigenvalue weighted by atomic mass is 9.69. The van der Waals surface area contributed by atoms with Gasteiger partial charge in [0, 0.05) is 29.1 Å². The third-order valence-corrected chi connectivity index (χ3v) is 6.65. The Hall–Kier alpha value is -3.72. The number of allylic oxidation sites excluding steroid dienone is 3. The maximum Gasteiger partial charge on any atom is 0.336 e. The number of benzene rings is 1. The van der Waals surface area contributed by atoms with E-state index in [2.05, 4.69) is 5.32 Å². The van der Waals surface area contributed by atoms with E-state index in [4.69, 9.17) is 18.6 Å². The number of hydrogen-bond acceptors (Lipinski definition) is 9. The fourth-order valence-electron chi connectivity index (χ4n) is 4.97. The van der Waals surface area contributed by atoms with Gasteiger partial charge in [-0.1, -0.05) is 19.1 Å². The molecule has 0 unspecified atom stereocenters. The molecule has 0 amide bonds. The minimum atomic E-state index is -1.08. The number of para-hydroxylation sites is 1. The topological polar surface area (TPSA) is 121 Å². The first kappa shape index (κ1) is 25.4. The molecule has 0 saturated carbocycles. The predicted molar refractivity (Wildman–Crippen MR) is 130 cm³/mol. The van der Waals surface area contributed by atoms with Crippen molar-refractivity contribution >= 4 is 28.7 Å². The molecule has 0 radical (unpaired) electrons. The zero-order valence-corrected chi connectivity index (χ0v) is 20.7. The second-order valence-electron chi connectivity index (χ2n) is 8.88. The molecule has 0 saturated heterocycles. The number of fused-ring (bicyclic) bond motifs is 1. The van der Waals surface area contributed by atoms with Crippen LogP contribution in [0.25, 0.3) is 11.0 Å². The van der Waals surface area contributed by atoms with Crippen molar-refractivity contribution in [3.05, 3.63) is 68.9 Å². The number of Topliss-reactive ketones (excluding diaryl/α,β-unsaturated/α-hetero) is 1. The van der Waals surface area contributed by atoms with Crippen LogP contribution in [-0.2, 0) is 28.6 Å². The highest BCUT2D eigenvalue weighted by molar-refractivity contribution is 6.12. The standard InChI is InChI=1S/C27H29NO8/c1-5-34-10-11-35-27(32)21-15(3)28-18-12-14(2)20(26(31)33-4)25(30)23(18)22(21)17-13-36-19-9-7-6-8-16(19)24(17)29/h6-9,13-14,20,22,28H,5,10-12H2,1-4H3/t14-,20-,22+/m0/s1. The Bertz CT molecular complexity index is 1330. The average Bonchev–Trinajstić information content (AvgIpc) is 2.86. The summed E-state index contributed by atoms with van der Waals surface area (Å²) >= 11 is 0. The monoisotopic (exact) mass is 495 g/mol. The van der Waals surface area contributed by atoms with Crippen molar-refractivity contribution in [3.63, 3.8) is 0 Å². The number of esters is 2. The largest absolute Gasteiger partial charge is 0.468 e. The van der Waals surface area contributed by atoms with Gasteiger partial charge in [-0.3, -0.25) is 14.4 Å². The lowest BCUT2D eigenvalue weighted by Crippen LogP contribution is -2.44. The SMILES string of the molecule is CCOCCOC(=O)C1=C(C)NC2=C(C(=O)[C@@H](C(=O)OC)[C@@H](C)C2)[C@@H]1c1coc2ccccc2c1=O. The Labute approximate surface area is 208 Å². The number of carbonyl (C=O) groups excluding carboxylic acids is 3. The molecular weight excluding hydrogens is 466 g/mol. The van der Waals surface area contributed by atoms with Gasteiger partial charge in [0.05, 0.1) is 36.9 Å². The first-order chi connectivity index (χ1) is 17.3.